The first kappa shape index (κ1) is 47.1. The quantitative estimate of drug-likeness (QED) is 0.0372. The minimum Gasteiger partial charge on any atom is -0.460 e. The average molecular weight is 814 g/mol. The number of hydrogen-bond acceptors (Lipinski definition) is 8. The van der Waals surface area contributed by atoms with Gasteiger partial charge in [-0.25, -0.2) is 4.79 Å². The molecule has 0 N–H and O–H groups in total. The molecule has 268 valence electrons. The first-order valence-corrected chi connectivity index (χ1v) is 41.6. The Balaban J connectivity index is 6.35. The van der Waals surface area contributed by atoms with E-state index in [4.69, 9.17) is 29.4 Å². The number of hydrogen-bond donors (Lipinski definition) is 0. The zero-order chi connectivity index (χ0) is 36.1. The van der Waals surface area contributed by atoms with Crippen LogP contribution in [-0.2, 0) is 34.2 Å². The van der Waals surface area contributed by atoms with Crippen molar-refractivity contribution in [2.45, 2.75) is 160 Å². The Morgan fingerprint density at radius 3 is 1.15 bits per heavy atom. The first-order chi connectivity index (χ1) is 20.6. The highest BCUT2D eigenvalue weighted by atomic mass is 28.5. The molecule has 0 aliphatic carbocycles. The summed E-state index contributed by atoms with van der Waals surface area (Å²) in [4.78, 5) is 12.1. The summed E-state index contributed by atoms with van der Waals surface area (Å²) in [7, 11) is -13.2. The molecule has 0 bridgehead atoms. The third-order valence-electron chi connectivity index (χ3n) is 6.26. The lowest BCUT2D eigenvalue weighted by atomic mass is 10.3. The van der Waals surface area contributed by atoms with E-state index in [-0.39, 0.29) is 6.10 Å². The summed E-state index contributed by atoms with van der Waals surface area (Å²) in [6.07, 6.45) is 1.55. The van der Waals surface area contributed by atoms with Crippen molar-refractivity contribution in [1.29, 1.82) is 0 Å². The van der Waals surface area contributed by atoms with Crippen molar-refractivity contribution in [3.63, 3.8) is 0 Å². The summed E-state index contributed by atoms with van der Waals surface area (Å²) in [6, 6.07) is 6.56. The second kappa shape index (κ2) is 20.2. The lowest BCUT2D eigenvalue weighted by Crippen LogP contribution is -2.62. The van der Waals surface area contributed by atoms with E-state index in [0.29, 0.717) is 41.8 Å². The molecule has 0 aromatic heterocycles. The monoisotopic (exact) mass is 812 g/mol. The van der Waals surface area contributed by atoms with Crippen molar-refractivity contribution in [3.8, 4) is 0 Å². The number of rotatable bonds is 26. The molecule has 0 amide bonds. The van der Waals surface area contributed by atoms with Gasteiger partial charge in [0.05, 0.1) is 6.10 Å². The van der Waals surface area contributed by atoms with Crippen molar-refractivity contribution < 1.29 is 34.2 Å². The number of carbonyl (C=O) groups excluding carboxylic acids is 1. The van der Waals surface area contributed by atoms with Crippen LogP contribution in [0.5, 0.6) is 0 Å². The van der Waals surface area contributed by atoms with E-state index in [1.54, 1.807) is 0 Å². The highest BCUT2D eigenvalue weighted by Gasteiger charge is 2.52. The molecular weight excluding hydrogens is 745 g/mol. The van der Waals surface area contributed by atoms with Crippen LogP contribution < -0.4 is 0 Å². The number of carbonyl (C=O) groups is 1. The van der Waals surface area contributed by atoms with Crippen molar-refractivity contribution in [2.75, 3.05) is 0 Å². The van der Waals surface area contributed by atoms with Crippen LogP contribution in [0.3, 0.4) is 0 Å². The van der Waals surface area contributed by atoms with Gasteiger partial charge in [0.1, 0.15) is 0 Å². The SMILES string of the molecule is C=CC(=O)OC(C)CC[Si](O[Si](C)(C)CC[Si]O[Si](C)(C)C)(O[Si](C)(C)CC[Si]O[Si](C)(C)C)O[Si](C)(C)CC[Si]O[Si](C)(C)C. The predicted molar refractivity (Wildman–Crippen MR) is 216 cm³/mol. The normalized spacial score (nSPS) is 14.8. The Morgan fingerprint density at radius 2 is 0.891 bits per heavy atom. The Bertz CT molecular complexity index is 814. The van der Waals surface area contributed by atoms with Crippen LogP contribution in [-0.4, -0.2) is 100 Å². The van der Waals surface area contributed by atoms with Gasteiger partial charge in [0.15, 0.2) is 49.9 Å². The topological polar surface area (TPSA) is 81.7 Å². The molecule has 1 atom stereocenters. The molecule has 0 spiro atoms. The van der Waals surface area contributed by atoms with Crippen LogP contribution >= 0.6 is 0 Å². The molecule has 0 aromatic rings. The Hall–Kier alpha value is 1.14. The Labute approximate surface area is 299 Å². The lowest BCUT2D eigenvalue weighted by Gasteiger charge is -2.45. The second-order valence-electron chi connectivity index (χ2n) is 16.8. The van der Waals surface area contributed by atoms with E-state index in [9.17, 15) is 4.79 Å². The molecule has 0 saturated heterocycles. The summed E-state index contributed by atoms with van der Waals surface area (Å²) in [5.41, 5.74) is 0. The molecule has 6 radical (unpaired) electrons. The first-order valence-electron chi connectivity index (χ1n) is 16.8. The van der Waals surface area contributed by atoms with E-state index in [1.165, 1.54) is 6.08 Å². The van der Waals surface area contributed by atoms with E-state index in [1.807, 2.05) is 6.92 Å². The Kier molecular flexibility index (Phi) is 20.7. The highest BCUT2D eigenvalue weighted by molar-refractivity contribution is 6.91. The number of ether oxygens (including phenoxy) is 1. The van der Waals surface area contributed by atoms with Gasteiger partial charge in [0.25, 0.3) is 0 Å². The summed E-state index contributed by atoms with van der Waals surface area (Å²) >= 11 is 0. The molecule has 0 aliphatic heterocycles. The van der Waals surface area contributed by atoms with Gasteiger partial charge in [0, 0.05) is 12.1 Å². The third-order valence-corrected chi connectivity index (χ3v) is 33.8. The van der Waals surface area contributed by atoms with Crippen molar-refractivity contribution >= 4 is 94.0 Å². The van der Waals surface area contributed by atoms with Crippen LogP contribution in [0, 0.1) is 0 Å². The molecule has 0 aromatic carbocycles. The van der Waals surface area contributed by atoms with Gasteiger partial charge in [-0.2, -0.15) is 0 Å². The molecule has 0 rings (SSSR count). The van der Waals surface area contributed by atoms with Crippen LogP contribution in [0.2, 0.25) is 141 Å². The molecular formula is C28H68O8Si10. The van der Waals surface area contributed by atoms with Gasteiger partial charge in [-0.05, 0) is 148 Å². The zero-order valence-corrected chi connectivity index (χ0v) is 42.3. The summed E-state index contributed by atoms with van der Waals surface area (Å²) in [5, 5.41) is 0. The molecule has 0 saturated carbocycles. The fourth-order valence-corrected chi connectivity index (χ4v) is 34.0. The summed E-state index contributed by atoms with van der Waals surface area (Å²) in [6.45, 7) is 39.5. The van der Waals surface area contributed by atoms with Crippen LogP contribution in [0.25, 0.3) is 0 Å². The van der Waals surface area contributed by atoms with Gasteiger partial charge in [-0.3, -0.25) is 0 Å². The molecule has 1 unspecified atom stereocenters. The van der Waals surface area contributed by atoms with E-state index >= 15 is 0 Å². The van der Waals surface area contributed by atoms with Crippen LogP contribution in [0.15, 0.2) is 12.7 Å². The van der Waals surface area contributed by atoms with Gasteiger partial charge >= 0.3 is 14.8 Å². The fourth-order valence-electron chi connectivity index (χ4n) is 4.18. The molecule has 0 aliphatic rings. The van der Waals surface area contributed by atoms with Crippen LogP contribution in [0.1, 0.15) is 13.3 Å². The van der Waals surface area contributed by atoms with E-state index < -0.39 is 64.7 Å². The Morgan fingerprint density at radius 1 is 0.587 bits per heavy atom. The smallest absolute Gasteiger partial charge is 0.460 e. The molecule has 0 fully saturated rings. The third kappa shape index (κ3) is 26.0. The lowest BCUT2D eigenvalue weighted by molar-refractivity contribution is -0.142. The maximum atomic E-state index is 12.1. The van der Waals surface area contributed by atoms with Gasteiger partial charge in [0.2, 0.25) is 29.3 Å². The summed E-state index contributed by atoms with van der Waals surface area (Å²) in [5.74, 6) is -0.406. The van der Waals surface area contributed by atoms with E-state index in [2.05, 4.69) is 105 Å². The maximum absolute atomic E-state index is 12.1. The largest absolute Gasteiger partial charge is 0.469 e. The van der Waals surface area contributed by atoms with Gasteiger partial charge in [-0.1, -0.05) is 6.58 Å². The molecule has 46 heavy (non-hydrogen) atoms. The molecule has 0 heterocycles. The average Bonchev–Trinajstić information content (AvgIpc) is 2.83. The molecule has 8 nitrogen and oxygen atoms in total. The number of esters is 1. The van der Waals surface area contributed by atoms with E-state index in [0.717, 1.165) is 36.3 Å². The zero-order valence-electron chi connectivity index (χ0n) is 32.3. The second-order valence-corrected chi connectivity index (χ2v) is 50.7. The standard InChI is InChI=1S/C28H68O8Si10/c1-18-28(29)30-27(2)19-23-46(34-43(12,13)24-20-37-31-40(3,4)5,35-44(14,15)25-21-38-32-41(6,7)8)36-45(16,17)26-22-39-33-42(9,10)11/h18,27H,1,19-26H2,2-17H3. The van der Waals surface area contributed by atoms with Gasteiger partial charge < -0.3 is 29.4 Å². The van der Waals surface area contributed by atoms with Crippen molar-refractivity contribution in [3.05, 3.63) is 12.7 Å². The minimum absolute atomic E-state index is 0.294. The highest BCUT2D eigenvalue weighted by Crippen LogP contribution is 2.35. The summed E-state index contributed by atoms with van der Waals surface area (Å²) < 4.78 is 46.5. The van der Waals surface area contributed by atoms with Crippen molar-refractivity contribution in [2.24, 2.45) is 0 Å². The predicted octanol–water partition coefficient (Wildman–Crippen LogP) is 8.77. The van der Waals surface area contributed by atoms with Crippen LogP contribution in [0.4, 0.5) is 0 Å². The maximum Gasteiger partial charge on any atom is 0.469 e. The van der Waals surface area contributed by atoms with Gasteiger partial charge in [-0.15, -0.1) is 0 Å². The molecule has 18 heteroatoms. The fraction of sp³-hybridized carbons (Fsp3) is 0.893. The van der Waals surface area contributed by atoms with Crippen molar-refractivity contribution in [1.82, 2.24) is 0 Å². The minimum atomic E-state index is -3.24.